The Hall–Kier alpha value is -2.44. The monoisotopic (exact) mass is 417 g/mol. The molecular weight excluding hydrogens is 392 g/mol. The molecule has 4 rings (SSSR count). The predicted molar refractivity (Wildman–Crippen MR) is 111 cm³/mol. The van der Waals surface area contributed by atoms with Crippen molar-refractivity contribution in [2.75, 3.05) is 38.7 Å². The Bertz CT molecular complexity index is 889. The molecule has 1 amide bonds. The van der Waals surface area contributed by atoms with E-state index in [0.29, 0.717) is 36.2 Å². The van der Waals surface area contributed by atoms with E-state index in [-0.39, 0.29) is 11.9 Å². The molecule has 6 nitrogen and oxygen atoms in total. The molecule has 0 spiro atoms. The number of carbonyl (C=O) groups excluding carboxylic acids is 1. The van der Waals surface area contributed by atoms with Gasteiger partial charge in [-0.3, -0.25) is 4.79 Å². The largest absolute Gasteiger partial charge is 0.495 e. The number of hydrogen-bond acceptors (Lipinski definition) is 4. The van der Waals surface area contributed by atoms with Crippen LogP contribution in [0.25, 0.3) is 0 Å². The second kappa shape index (κ2) is 8.93. The van der Waals surface area contributed by atoms with E-state index in [1.54, 1.807) is 25.3 Å². The van der Waals surface area contributed by atoms with Crippen molar-refractivity contribution in [3.05, 3.63) is 47.0 Å². The summed E-state index contributed by atoms with van der Waals surface area (Å²) in [5.41, 5.74) is 1.78. The number of ether oxygens (including phenoxy) is 3. The first-order valence-corrected chi connectivity index (χ1v) is 10.4. The summed E-state index contributed by atoms with van der Waals surface area (Å²) in [6.45, 7) is 2.69. The highest BCUT2D eigenvalue weighted by atomic mass is 35.5. The van der Waals surface area contributed by atoms with E-state index in [1.165, 1.54) is 10.5 Å². The van der Waals surface area contributed by atoms with E-state index in [4.69, 9.17) is 25.8 Å². The fourth-order valence-corrected chi connectivity index (χ4v) is 4.27. The Labute approximate surface area is 175 Å². The van der Waals surface area contributed by atoms with E-state index in [9.17, 15) is 4.79 Å². The number of likely N-dealkylation sites (tertiary alicyclic amines) is 1. The van der Waals surface area contributed by atoms with Crippen LogP contribution in [-0.4, -0.2) is 39.3 Å². The second-order valence-corrected chi connectivity index (χ2v) is 7.87. The molecular formula is C22H26ClN2O4+. The molecule has 1 fully saturated rings. The number of benzene rings is 2. The highest BCUT2D eigenvalue weighted by Crippen LogP contribution is 2.33. The minimum atomic E-state index is -0.0539. The smallest absolute Gasteiger partial charge is 0.279 e. The molecule has 1 unspecified atom stereocenters. The van der Waals surface area contributed by atoms with Crippen molar-refractivity contribution in [3.63, 3.8) is 0 Å². The molecule has 0 radical (unpaired) electrons. The standard InChI is InChI=1S/C22H25ClN2O4/c1-27-19-8-6-16(23)13-17(19)24-22(26)14-25-9-2-4-18(25)15-5-7-20-21(12-15)29-11-3-10-28-20/h5-8,12-13,18H,2-4,9-11,14H2,1H3,(H,24,26)/p+1/t18-/m0/s1. The molecule has 154 valence electrons. The van der Waals surface area contributed by atoms with Crippen LogP contribution in [0.5, 0.6) is 17.2 Å². The first-order valence-electron chi connectivity index (χ1n) is 10.0. The maximum atomic E-state index is 12.7. The maximum absolute atomic E-state index is 12.7. The average Bonchev–Trinajstić information content (AvgIpc) is 3.03. The summed E-state index contributed by atoms with van der Waals surface area (Å²) in [6, 6.07) is 11.6. The zero-order valence-electron chi connectivity index (χ0n) is 16.5. The molecule has 0 aromatic heterocycles. The van der Waals surface area contributed by atoms with Crippen molar-refractivity contribution >= 4 is 23.2 Å². The average molecular weight is 418 g/mol. The van der Waals surface area contributed by atoms with Gasteiger partial charge in [0.15, 0.2) is 18.0 Å². The van der Waals surface area contributed by atoms with Gasteiger partial charge < -0.3 is 24.4 Å². The first-order chi connectivity index (χ1) is 14.1. The topological polar surface area (TPSA) is 61.2 Å². The zero-order chi connectivity index (χ0) is 20.2. The van der Waals surface area contributed by atoms with E-state index in [2.05, 4.69) is 17.4 Å². The number of fused-ring (bicyclic) bond motifs is 1. The van der Waals surface area contributed by atoms with Gasteiger partial charge in [-0.15, -0.1) is 0 Å². The second-order valence-electron chi connectivity index (χ2n) is 7.43. The van der Waals surface area contributed by atoms with Gasteiger partial charge in [0.25, 0.3) is 5.91 Å². The van der Waals surface area contributed by atoms with Crippen LogP contribution in [0.1, 0.15) is 30.9 Å². The third-order valence-corrected chi connectivity index (χ3v) is 5.72. The molecule has 29 heavy (non-hydrogen) atoms. The molecule has 2 aromatic carbocycles. The number of anilines is 1. The van der Waals surface area contributed by atoms with E-state index in [1.807, 2.05) is 6.07 Å². The summed E-state index contributed by atoms with van der Waals surface area (Å²) in [7, 11) is 1.57. The highest BCUT2D eigenvalue weighted by molar-refractivity contribution is 6.31. The van der Waals surface area contributed by atoms with Crippen molar-refractivity contribution in [1.82, 2.24) is 0 Å². The van der Waals surface area contributed by atoms with Crippen LogP contribution in [0.2, 0.25) is 5.02 Å². The van der Waals surface area contributed by atoms with Gasteiger partial charge in [0.1, 0.15) is 11.8 Å². The van der Waals surface area contributed by atoms with Crippen molar-refractivity contribution < 1.29 is 23.9 Å². The molecule has 1 saturated heterocycles. The number of quaternary nitrogens is 1. The fraction of sp³-hybridized carbons (Fsp3) is 0.409. The van der Waals surface area contributed by atoms with E-state index < -0.39 is 0 Å². The van der Waals surface area contributed by atoms with E-state index >= 15 is 0 Å². The van der Waals surface area contributed by atoms with Crippen LogP contribution in [-0.2, 0) is 4.79 Å². The summed E-state index contributed by atoms with van der Waals surface area (Å²) >= 11 is 6.07. The van der Waals surface area contributed by atoms with Crippen LogP contribution in [0, 0.1) is 0 Å². The number of hydrogen-bond donors (Lipinski definition) is 2. The summed E-state index contributed by atoms with van der Waals surface area (Å²) in [6.07, 6.45) is 3.02. The minimum Gasteiger partial charge on any atom is -0.495 e. The predicted octanol–water partition coefficient (Wildman–Crippen LogP) is 2.87. The molecule has 2 aromatic rings. The van der Waals surface area contributed by atoms with E-state index in [0.717, 1.165) is 37.3 Å². The number of rotatable bonds is 5. The van der Waals surface area contributed by atoms with Crippen LogP contribution in [0.3, 0.4) is 0 Å². The summed E-state index contributed by atoms with van der Waals surface area (Å²) in [4.78, 5) is 14.0. The molecule has 2 aliphatic rings. The molecule has 0 aliphatic carbocycles. The lowest BCUT2D eigenvalue weighted by molar-refractivity contribution is -0.910. The van der Waals surface area contributed by atoms with Crippen molar-refractivity contribution in [3.8, 4) is 17.2 Å². The van der Waals surface area contributed by atoms with Crippen LogP contribution in [0.4, 0.5) is 5.69 Å². The summed E-state index contributed by atoms with van der Waals surface area (Å²) in [5, 5.41) is 3.50. The van der Waals surface area contributed by atoms with Crippen LogP contribution >= 0.6 is 11.6 Å². The van der Waals surface area contributed by atoms with Gasteiger partial charge in [0.05, 0.1) is 32.6 Å². The molecule has 7 heteroatoms. The van der Waals surface area contributed by atoms with Gasteiger partial charge in [0, 0.05) is 29.8 Å². The van der Waals surface area contributed by atoms with Crippen molar-refractivity contribution in [2.24, 2.45) is 0 Å². The molecule has 2 atom stereocenters. The lowest BCUT2D eigenvalue weighted by Gasteiger charge is -2.22. The minimum absolute atomic E-state index is 0.0539. The lowest BCUT2D eigenvalue weighted by Crippen LogP contribution is -3.11. The highest BCUT2D eigenvalue weighted by Gasteiger charge is 2.32. The number of carbonyl (C=O) groups is 1. The Morgan fingerprint density at radius 2 is 2.00 bits per heavy atom. The molecule has 2 aliphatic heterocycles. The van der Waals surface area contributed by atoms with Gasteiger partial charge in [-0.2, -0.15) is 0 Å². The van der Waals surface area contributed by atoms with Crippen molar-refractivity contribution in [1.29, 1.82) is 0 Å². The Morgan fingerprint density at radius 1 is 1.17 bits per heavy atom. The normalized spacial score (nSPS) is 20.8. The Kier molecular flexibility index (Phi) is 6.11. The number of nitrogens with one attached hydrogen (secondary N) is 2. The molecule has 0 bridgehead atoms. The third kappa shape index (κ3) is 4.60. The number of amides is 1. The van der Waals surface area contributed by atoms with Crippen LogP contribution < -0.4 is 24.4 Å². The number of methoxy groups -OCH3 is 1. The lowest BCUT2D eigenvalue weighted by atomic mass is 10.0. The van der Waals surface area contributed by atoms with Crippen LogP contribution in [0.15, 0.2) is 36.4 Å². The summed E-state index contributed by atoms with van der Waals surface area (Å²) in [5.74, 6) is 2.15. The first kappa shape index (κ1) is 19.9. The van der Waals surface area contributed by atoms with Gasteiger partial charge >= 0.3 is 0 Å². The Balaban J connectivity index is 1.46. The van der Waals surface area contributed by atoms with Crippen molar-refractivity contribution in [2.45, 2.75) is 25.3 Å². The van der Waals surface area contributed by atoms with Gasteiger partial charge in [-0.1, -0.05) is 11.6 Å². The Morgan fingerprint density at radius 3 is 2.83 bits per heavy atom. The third-order valence-electron chi connectivity index (χ3n) is 5.48. The van der Waals surface area contributed by atoms with Gasteiger partial charge in [0.2, 0.25) is 0 Å². The molecule has 2 heterocycles. The number of halogens is 1. The maximum Gasteiger partial charge on any atom is 0.279 e. The van der Waals surface area contributed by atoms with Gasteiger partial charge in [-0.25, -0.2) is 0 Å². The zero-order valence-corrected chi connectivity index (χ0v) is 17.3. The summed E-state index contributed by atoms with van der Waals surface area (Å²) < 4.78 is 16.9. The SMILES string of the molecule is COc1ccc(Cl)cc1NC(=O)C[NH+]1CCC[C@H]1c1ccc2c(c1)OCCCO2. The van der Waals surface area contributed by atoms with Gasteiger partial charge in [-0.05, 0) is 36.4 Å². The fourth-order valence-electron chi connectivity index (χ4n) is 4.10. The quantitative estimate of drug-likeness (QED) is 0.785. The molecule has 2 N–H and O–H groups in total. The molecule has 0 saturated carbocycles.